The number of carboxylic acids is 1. The lowest BCUT2D eigenvalue weighted by molar-refractivity contribution is -0.138. The molecule has 0 spiro atoms. The van der Waals surface area contributed by atoms with Gasteiger partial charge in [-0.2, -0.15) is 0 Å². The Morgan fingerprint density at radius 1 is 1.64 bits per heavy atom. The number of rotatable bonds is 2. The summed E-state index contributed by atoms with van der Waals surface area (Å²) in [7, 11) is 0. The zero-order valence-electron chi connectivity index (χ0n) is 6.80. The van der Waals surface area contributed by atoms with E-state index >= 15 is 0 Å². The fourth-order valence-corrected chi connectivity index (χ4v) is 1.54. The molecule has 1 unspecified atom stereocenters. The highest BCUT2D eigenvalue weighted by molar-refractivity contribution is 9.10. The molecule has 0 heterocycles. The second-order valence-electron chi connectivity index (χ2n) is 2.60. The summed E-state index contributed by atoms with van der Waals surface area (Å²) in [4.78, 5) is 10.6. The molecule has 3 N–H and O–H groups in total. The van der Waals surface area contributed by atoms with Crippen LogP contribution in [0, 0.1) is 5.82 Å². The van der Waals surface area contributed by atoms with E-state index in [9.17, 15) is 9.18 Å². The quantitative estimate of drug-likeness (QED) is 0.818. The molecule has 0 aliphatic carbocycles. The van der Waals surface area contributed by atoms with Crippen LogP contribution in [0.3, 0.4) is 0 Å². The third-order valence-corrected chi connectivity index (χ3v) is 2.58. The Balaban J connectivity index is 3.22. The van der Waals surface area contributed by atoms with E-state index in [0.29, 0.717) is 0 Å². The van der Waals surface area contributed by atoms with Gasteiger partial charge >= 0.3 is 5.97 Å². The molecule has 1 atom stereocenters. The molecule has 14 heavy (non-hydrogen) atoms. The van der Waals surface area contributed by atoms with Gasteiger partial charge in [-0.3, -0.25) is 4.79 Å². The van der Waals surface area contributed by atoms with E-state index in [-0.39, 0.29) is 15.1 Å². The molecule has 0 aliphatic rings. The van der Waals surface area contributed by atoms with E-state index in [1.807, 2.05) is 0 Å². The van der Waals surface area contributed by atoms with Crippen molar-refractivity contribution in [1.29, 1.82) is 0 Å². The molecule has 0 radical (unpaired) electrons. The highest BCUT2D eigenvalue weighted by Gasteiger charge is 2.19. The van der Waals surface area contributed by atoms with Crippen LogP contribution < -0.4 is 5.73 Å². The summed E-state index contributed by atoms with van der Waals surface area (Å²) in [5.74, 6) is -1.78. The standard InChI is InChI=1S/C8H6BrClFNO2/c9-4-1-3(7(12)8(13)14)5(10)2-6(4)11/h1-2,7H,12H2,(H,13,14). The van der Waals surface area contributed by atoms with Crippen molar-refractivity contribution in [2.45, 2.75) is 6.04 Å². The van der Waals surface area contributed by atoms with Gasteiger partial charge in [-0.25, -0.2) is 4.39 Å². The molecule has 0 amide bonds. The number of benzene rings is 1. The van der Waals surface area contributed by atoms with Crippen molar-refractivity contribution in [3.05, 3.63) is 33.0 Å². The number of aliphatic carboxylic acids is 1. The molecule has 0 bridgehead atoms. The minimum absolute atomic E-state index is 0.000556. The lowest BCUT2D eigenvalue weighted by Crippen LogP contribution is -2.21. The van der Waals surface area contributed by atoms with Crippen LogP contribution in [0.4, 0.5) is 4.39 Å². The van der Waals surface area contributed by atoms with Gasteiger partial charge in [0.1, 0.15) is 11.9 Å². The van der Waals surface area contributed by atoms with Crippen LogP contribution in [0.5, 0.6) is 0 Å². The fraction of sp³-hybridized carbons (Fsp3) is 0.125. The summed E-state index contributed by atoms with van der Waals surface area (Å²) < 4.78 is 13.0. The molecule has 3 nitrogen and oxygen atoms in total. The van der Waals surface area contributed by atoms with Crippen molar-refractivity contribution in [2.24, 2.45) is 5.73 Å². The number of nitrogens with two attached hydrogens (primary N) is 1. The Morgan fingerprint density at radius 3 is 2.71 bits per heavy atom. The summed E-state index contributed by atoms with van der Waals surface area (Å²) in [6, 6.07) is 1.03. The van der Waals surface area contributed by atoms with Crippen LogP contribution in [-0.2, 0) is 4.79 Å². The van der Waals surface area contributed by atoms with Crippen LogP contribution in [-0.4, -0.2) is 11.1 Å². The normalized spacial score (nSPS) is 12.6. The summed E-state index contributed by atoms with van der Waals surface area (Å²) >= 11 is 8.55. The van der Waals surface area contributed by atoms with Gasteiger partial charge in [0.15, 0.2) is 0 Å². The Labute approximate surface area is 92.8 Å². The van der Waals surface area contributed by atoms with Crippen molar-refractivity contribution in [2.75, 3.05) is 0 Å². The van der Waals surface area contributed by atoms with Gasteiger partial charge in [0, 0.05) is 5.02 Å². The highest BCUT2D eigenvalue weighted by Crippen LogP contribution is 2.28. The third-order valence-electron chi connectivity index (χ3n) is 1.64. The molecular formula is C8H6BrClFNO2. The zero-order chi connectivity index (χ0) is 10.9. The Morgan fingerprint density at radius 2 is 2.21 bits per heavy atom. The largest absolute Gasteiger partial charge is 0.480 e. The molecule has 1 aromatic rings. The number of carbonyl (C=O) groups is 1. The van der Waals surface area contributed by atoms with Crippen LogP contribution >= 0.6 is 27.5 Å². The Hall–Kier alpha value is -0.650. The SMILES string of the molecule is NC(C(=O)O)c1cc(Br)c(F)cc1Cl. The van der Waals surface area contributed by atoms with E-state index in [0.717, 1.165) is 6.07 Å². The first-order valence-corrected chi connectivity index (χ1v) is 4.73. The predicted octanol–water partition coefficient (Wildman–Crippen LogP) is 2.33. The lowest BCUT2D eigenvalue weighted by Gasteiger charge is -2.09. The van der Waals surface area contributed by atoms with Crippen LogP contribution in [0.1, 0.15) is 11.6 Å². The molecule has 0 saturated carbocycles. The van der Waals surface area contributed by atoms with Gasteiger partial charge in [-0.05, 0) is 33.6 Å². The predicted molar refractivity (Wildman–Crippen MR) is 53.7 cm³/mol. The average Bonchev–Trinajstić information content (AvgIpc) is 2.10. The summed E-state index contributed by atoms with van der Waals surface area (Å²) in [5.41, 5.74) is 5.50. The number of hydrogen-bond acceptors (Lipinski definition) is 2. The minimum atomic E-state index is -1.25. The second kappa shape index (κ2) is 4.25. The molecule has 1 aromatic carbocycles. The van der Waals surface area contributed by atoms with Gasteiger partial charge in [-0.15, -0.1) is 0 Å². The lowest BCUT2D eigenvalue weighted by atomic mass is 10.1. The molecule has 0 aromatic heterocycles. The van der Waals surface area contributed by atoms with Crippen molar-refractivity contribution in [3.63, 3.8) is 0 Å². The minimum Gasteiger partial charge on any atom is -0.480 e. The monoisotopic (exact) mass is 281 g/mol. The molecule has 76 valence electrons. The van der Waals surface area contributed by atoms with Gasteiger partial charge in [0.25, 0.3) is 0 Å². The van der Waals surface area contributed by atoms with Crippen molar-refractivity contribution in [3.8, 4) is 0 Å². The van der Waals surface area contributed by atoms with Crippen molar-refractivity contribution in [1.82, 2.24) is 0 Å². The Bertz CT molecular complexity index is 386. The first kappa shape index (κ1) is 11.4. The maximum Gasteiger partial charge on any atom is 0.325 e. The smallest absolute Gasteiger partial charge is 0.325 e. The summed E-state index contributed by atoms with van der Waals surface area (Å²) in [6.45, 7) is 0. The van der Waals surface area contributed by atoms with E-state index < -0.39 is 17.8 Å². The van der Waals surface area contributed by atoms with E-state index in [1.54, 1.807) is 0 Å². The number of hydrogen-bond donors (Lipinski definition) is 2. The van der Waals surface area contributed by atoms with Crippen LogP contribution in [0.2, 0.25) is 5.02 Å². The highest BCUT2D eigenvalue weighted by atomic mass is 79.9. The second-order valence-corrected chi connectivity index (χ2v) is 3.87. The van der Waals surface area contributed by atoms with E-state index in [1.165, 1.54) is 6.07 Å². The summed E-state index contributed by atoms with van der Waals surface area (Å²) in [6.07, 6.45) is 0. The molecule has 1 rings (SSSR count). The first-order valence-electron chi connectivity index (χ1n) is 3.56. The average molecular weight is 282 g/mol. The van der Waals surface area contributed by atoms with Gasteiger partial charge in [0.2, 0.25) is 0 Å². The van der Waals surface area contributed by atoms with Crippen molar-refractivity contribution >= 4 is 33.5 Å². The maximum absolute atomic E-state index is 12.9. The van der Waals surface area contributed by atoms with E-state index in [4.69, 9.17) is 22.4 Å². The van der Waals surface area contributed by atoms with Crippen molar-refractivity contribution < 1.29 is 14.3 Å². The molecule has 0 saturated heterocycles. The zero-order valence-corrected chi connectivity index (χ0v) is 9.14. The van der Waals surface area contributed by atoms with Gasteiger partial charge < -0.3 is 10.8 Å². The Kier molecular flexibility index (Phi) is 3.47. The summed E-state index contributed by atoms with van der Waals surface area (Å²) in [5, 5.41) is 8.63. The molecule has 0 aliphatic heterocycles. The van der Waals surface area contributed by atoms with Crippen LogP contribution in [0.25, 0.3) is 0 Å². The molecule has 0 fully saturated rings. The molecular weight excluding hydrogens is 276 g/mol. The molecule has 6 heteroatoms. The number of halogens is 3. The van der Waals surface area contributed by atoms with Gasteiger partial charge in [-0.1, -0.05) is 11.6 Å². The third kappa shape index (κ3) is 2.23. The fourth-order valence-electron chi connectivity index (χ4n) is 0.909. The first-order chi connectivity index (χ1) is 6.43. The number of carboxylic acid groups (broad SMARTS) is 1. The van der Waals surface area contributed by atoms with E-state index in [2.05, 4.69) is 15.9 Å². The maximum atomic E-state index is 12.9. The van der Waals surface area contributed by atoms with Crippen LogP contribution in [0.15, 0.2) is 16.6 Å². The topological polar surface area (TPSA) is 63.3 Å². The van der Waals surface area contributed by atoms with Gasteiger partial charge in [0.05, 0.1) is 4.47 Å².